The summed E-state index contributed by atoms with van der Waals surface area (Å²) in [5.41, 5.74) is 1.11. The predicted octanol–water partition coefficient (Wildman–Crippen LogP) is 2.10. The van der Waals surface area contributed by atoms with Crippen LogP contribution in [0.5, 0.6) is 0 Å². The molecule has 1 aromatic rings. The fraction of sp³-hybridized carbons (Fsp3) is 0.652. The van der Waals surface area contributed by atoms with Gasteiger partial charge in [0.15, 0.2) is 0 Å². The molecule has 0 radical (unpaired) electrons. The molecule has 2 saturated heterocycles. The Hall–Kier alpha value is -1.92. The Morgan fingerprint density at radius 2 is 1.66 bits per heavy atom. The molecule has 2 amide bonds. The van der Waals surface area contributed by atoms with Crippen molar-refractivity contribution in [3.8, 4) is 0 Å². The standard InChI is InChI=1S/C23H36N4O2/c1-18-8-7-9-19(2)27(18)23(29)20(3)26-14-12-25(13-15-26)17-22(28)24-16-21-10-5-4-6-11-21/h4-6,10-11,18-20H,7-9,12-17H2,1-3H3,(H,24,28)/t18-,19+,20-/m1/s1. The normalized spacial score (nSPS) is 24.9. The SMILES string of the molecule is C[C@H](C(=O)N1[C@H](C)CCC[C@@H]1C)N1CCN(CC(=O)NCc2ccccc2)CC1. The molecule has 6 heteroatoms. The van der Waals surface area contributed by atoms with Crippen molar-refractivity contribution in [1.82, 2.24) is 20.0 Å². The smallest absolute Gasteiger partial charge is 0.240 e. The van der Waals surface area contributed by atoms with Crippen molar-refractivity contribution in [3.63, 3.8) is 0 Å². The van der Waals surface area contributed by atoms with Gasteiger partial charge in [0.1, 0.15) is 0 Å². The minimum Gasteiger partial charge on any atom is -0.351 e. The van der Waals surface area contributed by atoms with E-state index in [2.05, 4.69) is 33.9 Å². The van der Waals surface area contributed by atoms with E-state index in [0.717, 1.165) is 44.6 Å². The summed E-state index contributed by atoms with van der Waals surface area (Å²) >= 11 is 0. The van der Waals surface area contributed by atoms with Crippen LogP contribution in [0.25, 0.3) is 0 Å². The van der Waals surface area contributed by atoms with Crippen molar-refractivity contribution >= 4 is 11.8 Å². The summed E-state index contributed by atoms with van der Waals surface area (Å²) in [6.07, 6.45) is 3.43. The van der Waals surface area contributed by atoms with Crippen LogP contribution in [0, 0.1) is 0 Å². The largest absolute Gasteiger partial charge is 0.351 e. The van der Waals surface area contributed by atoms with Crippen LogP contribution < -0.4 is 5.32 Å². The number of piperazine rings is 1. The number of hydrogen-bond acceptors (Lipinski definition) is 4. The summed E-state index contributed by atoms with van der Waals surface area (Å²) in [5, 5.41) is 3.00. The molecular formula is C23H36N4O2. The van der Waals surface area contributed by atoms with E-state index >= 15 is 0 Å². The second-order valence-corrected chi connectivity index (χ2v) is 8.62. The van der Waals surface area contributed by atoms with E-state index in [1.54, 1.807) is 0 Å². The van der Waals surface area contributed by atoms with E-state index in [1.807, 2.05) is 37.3 Å². The lowest BCUT2D eigenvalue weighted by molar-refractivity contribution is -0.143. The molecule has 0 spiro atoms. The summed E-state index contributed by atoms with van der Waals surface area (Å²) in [7, 11) is 0. The van der Waals surface area contributed by atoms with Gasteiger partial charge in [0.25, 0.3) is 0 Å². The maximum absolute atomic E-state index is 13.1. The number of piperidine rings is 1. The lowest BCUT2D eigenvalue weighted by atomic mass is 9.96. The molecule has 0 saturated carbocycles. The van der Waals surface area contributed by atoms with Crippen LogP contribution in [0.15, 0.2) is 30.3 Å². The van der Waals surface area contributed by atoms with E-state index < -0.39 is 0 Å². The van der Waals surface area contributed by atoms with Crippen LogP contribution in [0.3, 0.4) is 0 Å². The second kappa shape index (κ2) is 10.2. The van der Waals surface area contributed by atoms with Crippen molar-refractivity contribution in [2.24, 2.45) is 0 Å². The number of likely N-dealkylation sites (tertiary alicyclic amines) is 1. The molecule has 0 bridgehead atoms. The maximum atomic E-state index is 13.1. The van der Waals surface area contributed by atoms with Gasteiger partial charge in [0, 0.05) is 44.8 Å². The fourth-order valence-corrected chi connectivity index (χ4v) is 4.59. The lowest BCUT2D eigenvalue weighted by Gasteiger charge is -2.44. The number of carbonyl (C=O) groups excluding carboxylic acids is 2. The summed E-state index contributed by atoms with van der Waals surface area (Å²) in [4.78, 5) is 31.9. The summed E-state index contributed by atoms with van der Waals surface area (Å²) in [6.45, 7) is 10.7. The molecular weight excluding hydrogens is 364 g/mol. The fourth-order valence-electron chi connectivity index (χ4n) is 4.59. The van der Waals surface area contributed by atoms with Crippen LogP contribution in [0.2, 0.25) is 0 Å². The molecule has 6 nitrogen and oxygen atoms in total. The minimum absolute atomic E-state index is 0.0578. The summed E-state index contributed by atoms with van der Waals surface area (Å²) in [5.74, 6) is 0.321. The van der Waals surface area contributed by atoms with Gasteiger partial charge in [-0.1, -0.05) is 30.3 Å². The van der Waals surface area contributed by atoms with Gasteiger partial charge in [-0.2, -0.15) is 0 Å². The molecule has 3 atom stereocenters. The number of rotatable bonds is 6. The maximum Gasteiger partial charge on any atom is 0.240 e. The zero-order valence-electron chi connectivity index (χ0n) is 18.1. The van der Waals surface area contributed by atoms with Crippen molar-refractivity contribution < 1.29 is 9.59 Å². The predicted molar refractivity (Wildman–Crippen MR) is 115 cm³/mol. The van der Waals surface area contributed by atoms with Crippen LogP contribution in [-0.4, -0.2) is 77.4 Å². The van der Waals surface area contributed by atoms with Crippen LogP contribution in [0.4, 0.5) is 0 Å². The zero-order chi connectivity index (χ0) is 20.8. The van der Waals surface area contributed by atoms with E-state index in [-0.39, 0.29) is 17.9 Å². The molecule has 29 heavy (non-hydrogen) atoms. The monoisotopic (exact) mass is 400 g/mol. The first kappa shape index (κ1) is 21.8. The first-order valence-corrected chi connectivity index (χ1v) is 11.0. The second-order valence-electron chi connectivity index (χ2n) is 8.62. The average Bonchev–Trinajstić information content (AvgIpc) is 2.73. The number of hydrogen-bond donors (Lipinski definition) is 1. The third-order valence-corrected chi connectivity index (χ3v) is 6.46. The highest BCUT2D eigenvalue weighted by atomic mass is 16.2. The first-order valence-electron chi connectivity index (χ1n) is 11.0. The van der Waals surface area contributed by atoms with Gasteiger partial charge in [-0.15, -0.1) is 0 Å². The Morgan fingerprint density at radius 3 is 2.28 bits per heavy atom. The first-order chi connectivity index (χ1) is 14.0. The Bertz CT molecular complexity index is 663. The Balaban J connectivity index is 1.42. The molecule has 160 valence electrons. The highest BCUT2D eigenvalue weighted by Crippen LogP contribution is 2.24. The van der Waals surface area contributed by atoms with Gasteiger partial charge in [0.05, 0.1) is 12.6 Å². The quantitative estimate of drug-likeness (QED) is 0.795. The third kappa shape index (κ3) is 5.80. The molecule has 2 aliphatic heterocycles. The van der Waals surface area contributed by atoms with Gasteiger partial charge < -0.3 is 10.2 Å². The van der Waals surface area contributed by atoms with Crippen molar-refractivity contribution in [3.05, 3.63) is 35.9 Å². The van der Waals surface area contributed by atoms with E-state index in [1.165, 1.54) is 6.42 Å². The molecule has 0 aliphatic carbocycles. The van der Waals surface area contributed by atoms with Gasteiger partial charge in [0.2, 0.25) is 11.8 Å². The van der Waals surface area contributed by atoms with Crippen LogP contribution in [-0.2, 0) is 16.1 Å². The Morgan fingerprint density at radius 1 is 1.03 bits per heavy atom. The number of benzene rings is 1. The van der Waals surface area contributed by atoms with Gasteiger partial charge >= 0.3 is 0 Å². The number of carbonyl (C=O) groups is 2. The number of nitrogens with one attached hydrogen (secondary N) is 1. The molecule has 3 rings (SSSR count). The van der Waals surface area contributed by atoms with E-state index in [9.17, 15) is 9.59 Å². The van der Waals surface area contributed by atoms with E-state index in [4.69, 9.17) is 0 Å². The van der Waals surface area contributed by atoms with Gasteiger partial charge in [-0.3, -0.25) is 19.4 Å². The topological polar surface area (TPSA) is 55.9 Å². The molecule has 1 N–H and O–H groups in total. The number of amides is 2. The van der Waals surface area contributed by atoms with Crippen molar-refractivity contribution in [2.45, 2.75) is 64.7 Å². The third-order valence-electron chi connectivity index (χ3n) is 6.46. The Kier molecular flexibility index (Phi) is 7.67. The van der Waals surface area contributed by atoms with Crippen LogP contribution in [0.1, 0.15) is 45.6 Å². The highest BCUT2D eigenvalue weighted by Gasteiger charge is 2.34. The van der Waals surface area contributed by atoms with Crippen molar-refractivity contribution in [2.75, 3.05) is 32.7 Å². The lowest BCUT2D eigenvalue weighted by Crippen LogP contribution is -2.58. The van der Waals surface area contributed by atoms with Crippen molar-refractivity contribution in [1.29, 1.82) is 0 Å². The molecule has 2 heterocycles. The van der Waals surface area contributed by atoms with E-state index in [0.29, 0.717) is 25.2 Å². The molecule has 0 aromatic heterocycles. The van der Waals surface area contributed by atoms with Gasteiger partial charge in [-0.05, 0) is 45.6 Å². The van der Waals surface area contributed by atoms with Crippen LogP contribution >= 0.6 is 0 Å². The number of nitrogens with zero attached hydrogens (tertiary/aromatic N) is 3. The van der Waals surface area contributed by atoms with Gasteiger partial charge in [-0.25, -0.2) is 0 Å². The molecule has 0 unspecified atom stereocenters. The average molecular weight is 401 g/mol. The summed E-state index contributed by atoms with van der Waals surface area (Å²) < 4.78 is 0. The molecule has 2 aliphatic rings. The molecule has 2 fully saturated rings. The Labute approximate surface area is 175 Å². The highest BCUT2D eigenvalue weighted by molar-refractivity contribution is 5.82. The zero-order valence-corrected chi connectivity index (χ0v) is 18.1. The minimum atomic E-state index is -0.0907. The summed E-state index contributed by atoms with van der Waals surface area (Å²) in [6, 6.07) is 10.5. The molecule has 1 aromatic carbocycles.